The van der Waals surface area contributed by atoms with Gasteiger partial charge in [-0.3, -0.25) is 29.0 Å². The maximum absolute atomic E-state index is 12.3. The largest absolute Gasteiger partial charge is 0.451 e. The summed E-state index contributed by atoms with van der Waals surface area (Å²) in [5.74, 6) is -3.09. The number of likely N-dealkylation sites (tertiary alicyclic amines) is 1. The van der Waals surface area contributed by atoms with Gasteiger partial charge >= 0.3 is 12.0 Å². The smallest absolute Gasteiger partial charge is 0.326 e. The van der Waals surface area contributed by atoms with Crippen molar-refractivity contribution in [3.05, 3.63) is 12.2 Å². The number of carbonyl (C=O) groups is 5. The van der Waals surface area contributed by atoms with E-state index in [4.69, 9.17) is 4.74 Å². The average molecular weight is 349 g/mol. The van der Waals surface area contributed by atoms with Crippen molar-refractivity contribution in [2.75, 3.05) is 19.6 Å². The molecule has 9 heteroatoms. The van der Waals surface area contributed by atoms with Gasteiger partial charge in [-0.1, -0.05) is 12.2 Å². The molecule has 5 amide bonds. The second-order valence-corrected chi connectivity index (χ2v) is 6.27. The van der Waals surface area contributed by atoms with Crippen LogP contribution in [0.1, 0.15) is 19.8 Å². The molecule has 2 fully saturated rings. The molecule has 2 aliphatic heterocycles. The Morgan fingerprint density at radius 2 is 1.80 bits per heavy atom. The summed E-state index contributed by atoms with van der Waals surface area (Å²) < 4.78 is 5.01. The molecule has 0 aromatic rings. The Balaban J connectivity index is 1.57. The Morgan fingerprint density at radius 1 is 1.20 bits per heavy atom. The van der Waals surface area contributed by atoms with Gasteiger partial charge in [-0.25, -0.2) is 4.79 Å². The Labute approximate surface area is 143 Å². The molecule has 0 aromatic heterocycles. The molecule has 25 heavy (non-hydrogen) atoms. The number of urea groups is 1. The first-order valence-electron chi connectivity index (χ1n) is 8.19. The van der Waals surface area contributed by atoms with Crippen LogP contribution >= 0.6 is 0 Å². The molecule has 3 rings (SSSR count). The van der Waals surface area contributed by atoms with E-state index in [0.717, 1.165) is 9.80 Å². The van der Waals surface area contributed by atoms with Crippen molar-refractivity contribution in [3.63, 3.8) is 0 Å². The van der Waals surface area contributed by atoms with Crippen LogP contribution in [-0.2, 0) is 23.9 Å². The summed E-state index contributed by atoms with van der Waals surface area (Å²) in [6.45, 7) is 1.38. The number of fused-ring (bicyclic) bond motifs is 1. The third-order valence-electron chi connectivity index (χ3n) is 4.66. The van der Waals surface area contributed by atoms with Crippen molar-refractivity contribution >= 4 is 29.7 Å². The first kappa shape index (κ1) is 17.1. The molecule has 0 unspecified atom stereocenters. The molecule has 2 saturated heterocycles. The molecule has 0 saturated carbocycles. The molecule has 0 radical (unpaired) electrons. The zero-order valence-corrected chi connectivity index (χ0v) is 13.8. The van der Waals surface area contributed by atoms with E-state index in [0.29, 0.717) is 19.4 Å². The minimum Gasteiger partial charge on any atom is -0.451 e. The second kappa shape index (κ2) is 6.66. The van der Waals surface area contributed by atoms with Crippen LogP contribution in [0, 0.1) is 11.8 Å². The number of rotatable bonds is 4. The van der Waals surface area contributed by atoms with Crippen molar-refractivity contribution in [2.24, 2.45) is 11.8 Å². The van der Waals surface area contributed by atoms with Gasteiger partial charge in [0.05, 0.1) is 11.8 Å². The Morgan fingerprint density at radius 3 is 2.32 bits per heavy atom. The van der Waals surface area contributed by atoms with Crippen LogP contribution in [0.3, 0.4) is 0 Å². The number of carbonyl (C=O) groups excluding carboxylic acids is 5. The standard InChI is InChI=1S/C16H19N3O6/c1-9(13(21)18-7-6-17-16(18)24)25-12(20)8-19-14(22)10-4-2-3-5-11(10)15(19)23/h2-3,9-11H,4-8H2,1H3,(H,17,24)/t9-,10-,11+/m1/s1. The van der Waals surface area contributed by atoms with Gasteiger partial charge in [0.2, 0.25) is 11.8 Å². The summed E-state index contributed by atoms with van der Waals surface area (Å²) in [5, 5.41) is 2.48. The fourth-order valence-electron chi connectivity index (χ4n) is 3.34. The highest BCUT2D eigenvalue weighted by Gasteiger charge is 2.48. The zero-order valence-electron chi connectivity index (χ0n) is 13.8. The van der Waals surface area contributed by atoms with Crippen molar-refractivity contribution in [1.82, 2.24) is 15.1 Å². The fraction of sp³-hybridized carbons (Fsp3) is 0.562. The van der Waals surface area contributed by atoms with Crippen LogP contribution in [-0.4, -0.2) is 65.3 Å². The van der Waals surface area contributed by atoms with Crippen molar-refractivity contribution in [1.29, 1.82) is 0 Å². The van der Waals surface area contributed by atoms with Crippen LogP contribution in [0.2, 0.25) is 0 Å². The lowest BCUT2D eigenvalue weighted by molar-refractivity contribution is -0.161. The summed E-state index contributed by atoms with van der Waals surface area (Å²) in [7, 11) is 0. The van der Waals surface area contributed by atoms with Crippen LogP contribution in [0.4, 0.5) is 4.79 Å². The highest BCUT2D eigenvalue weighted by molar-refractivity contribution is 6.07. The molecule has 0 spiro atoms. The number of hydrogen-bond donors (Lipinski definition) is 1. The topological polar surface area (TPSA) is 113 Å². The van der Waals surface area contributed by atoms with Crippen molar-refractivity contribution in [2.45, 2.75) is 25.9 Å². The van der Waals surface area contributed by atoms with Gasteiger partial charge in [0.1, 0.15) is 6.54 Å². The number of ether oxygens (including phenoxy) is 1. The number of nitrogens with zero attached hydrogens (tertiary/aromatic N) is 2. The quantitative estimate of drug-likeness (QED) is 0.413. The maximum atomic E-state index is 12.3. The van der Waals surface area contributed by atoms with Crippen LogP contribution in [0.25, 0.3) is 0 Å². The molecule has 3 aliphatic rings. The van der Waals surface area contributed by atoms with E-state index in [1.807, 2.05) is 12.2 Å². The molecule has 134 valence electrons. The molecule has 9 nitrogen and oxygen atoms in total. The Hall–Kier alpha value is -2.71. The minimum absolute atomic E-state index is 0.207. The number of amides is 5. The van der Waals surface area contributed by atoms with Crippen molar-refractivity contribution in [3.8, 4) is 0 Å². The predicted octanol–water partition coefficient (Wildman–Crippen LogP) is -0.579. The highest BCUT2D eigenvalue weighted by atomic mass is 16.5. The first-order valence-corrected chi connectivity index (χ1v) is 8.19. The molecular formula is C16H19N3O6. The van der Waals surface area contributed by atoms with E-state index in [1.165, 1.54) is 6.92 Å². The Bertz CT molecular complexity index is 647. The Kier molecular flexibility index (Phi) is 4.56. The number of allylic oxidation sites excluding steroid dienone is 2. The lowest BCUT2D eigenvalue weighted by atomic mass is 9.85. The van der Waals surface area contributed by atoms with Gasteiger partial charge in [0.25, 0.3) is 5.91 Å². The van der Waals surface area contributed by atoms with Crippen LogP contribution in [0.5, 0.6) is 0 Å². The lowest BCUT2D eigenvalue weighted by Gasteiger charge is -2.19. The third kappa shape index (κ3) is 3.13. The monoisotopic (exact) mass is 349 g/mol. The maximum Gasteiger partial charge on any atom is 0.326 e. The van der Waals surface area contributed by atoms with Gasteiger partial charge in [-0.2, -0.15) is 0 Å². The average Bonchev–Trinajstić information content (AvgIpc) is 3.12. The molecule has 2 heterocycles. The normalized spacial score (nSPS) is 26.5. The first-order chi connectivity index (χ1) is 11.9. The van der Waals surface area contributed by atoms with Gasteiger partial charge in [-0.15, -0.1) is 0 Å². The second-order valence-electron chi connectivity index (χ2n) is 6.27. The SMILES string of the molecule is C[C@@H](OC(=O)CN1C(=O)[C@H]2CC=CC[C@H]2C1=O)C(=O)N1CCNC1=O. The summed E-state index contributed by atoms with van der Waals surface area (Å²) in [6.07, 6.45) is 3.51. The molecule has 0 aromatic carbocycles. The molecule has 1 N–H and O–H groups in total. The summed E-state index contributed by atoms with van der Waals surface area (Å²) in [5.41, 5.74) is 0. The molecule has 1 aliphatic carbocycles. The van der Waals surface area contributed by atoms with E-state index in [2.05, 4.69) is 5.32 Å². The lowest BCUT2D eigenvalue weighted by Crippen LogP contribution is -2.43. The molecular weight excluding hydrogens is 330 g/mol. The summed E-state index contributed by atoms with van der Waals surface area (Å²) >= 11 is 0. The van der Waals surface area contributed by atoms with E-state index in [-0.39, 0.29) is 18.4 Å². The number of nitrogens with one attached hydrogen (secondary N) is 1. The van der Waals surface area contributed by atoms with Gasteiger partial charge in [0.15, 0.2) is 6.10 Å². The highest BCUT2D eigenvalue weighted by Crippen LogP contribution is 2.34. The number of hydrogen-bond acceptors (Lipinski definition) is 6. The summed E-state index contributed by atoms with van der Waals surface area (Å²) in [6, 6.07) is -0.533. The van der Waals surface area contributed by atoms with Gasteiger partial charge in [0, 0.05) is 13.1 Å². The van der Waals surface area contributed by atoms with E-state index in [1.54, 1.807) is 0 Å². The molecule has 0 bridgehead atoms. The van der Waals surface area contributed by atoms with Crippen LogP contribution in [0.15, 0.2) is 12.2 Å². The van der Waals surface area contributed by atoms with E-state index in [9.17, 15) is 24.0 Å². The minimum atomic E-state index is -1.17. The third-order valence-corrected chi connectivity index (χ3v) is 4.66. The number of imide groups is 2. The predicted molar refractivity (Wildman–Crippen MR) is 82.7 cm³/mol. The van der Waals surface area contributed by atoms with Gasteiger partial charge in [-0.05, 0) is 19.8 Å². The van der Waals surface area contributed by atoms with Crippen molar-refractivity contribution < 1.29 is 28.7 Å². The summed E-state index contributed by atoms with van der Waals surface area (Å²) in [4.78, 5) is 62.1. The zero-order chi connectivity index (χ0) is 18.1. The fourth-order valence-corrected chi connectivity index (χ4v) is 3.34. The number of esters is 1. The molecule has 3 atom stereocenters. The van der Waals surface area contributed by atoms with E-state index >= 15 is 0 Å². The van der Waals surface area contributed by atoms with E-state index < -0.39 is 42.4 Å². The van der Waals surface area contributed by atoms with Crippen LogP contribution < -0.4 is 5.32 Å². The van der Waals surface area contributed by atoms with Gasteiger partial charge < -0.3 is 10.1 Å².